The van der Waals surface area contributed by atoms with Crippen molar-refractivity contribution in [2.24, 2.45) is 0 Å². The number of nitrogens with two attached hydrogens (primary N) is 2. The van der Waals surface area contributed by atoms with Crippen LogP contribution in [0.4, 0.5) is 0 Å². The fourth-order valence-corrected chi connectivity index (χ4v) is 0. The first kappa shape index (κ1) is 16.7. The Morgan fingerprint density at radius 3 is 1.00 bits per heavy atom. The fourth-order valence-electron chi connectivity index (χ4n) is 0. The van der Waals surface area contributed by atoms with E-state index < -0.39 is 0 Å². The Balaban J connectivity index is -0.0000000200. The van der Waals surface area contributed by atoms with Crippen LogP contribution in [-0.2, 0) is 12.7 Å². The Kier molecular flexibility index (Phi) is 66.8. The van der Waals surface area contributed by atoms with E-state index in [1.54, 1.807) is 0 Å². The molecule has 0 saturated heterocycles. The van der Waals surface area contributed by atoms with Gasteiger partial charge < -0.3 is 12.3 Å². The van der Waals surface area contributed by atoms with Crippen molar-refractivity contribution < 1.29 is 12.7 Å². The first-order valence-electron chi connectivity index (χ1n) is 0.239. The van der Waals surface area contributed by atoms with Crippen molar-refractivity contribution in [1.82, 2.24) is 0 Å². The summed E-state index contributed by atoms with van der Waals surface area (Å²) in [5, 5.41) is 0. The molecule has 5 heteroatoms. The van der Waals surface area contributed by atoms with E-state index >= 15 is 0 Å². The van der Waals surface area contributed by atoms with Crippen LogP contribution in [0.15, 0.2) is 0 Å². The van der Waals surface area contributed by atoms with Crippen LogP contribution in [0.5, 0.6) is 0 Å². The van der Waals surface area contributed by atoms with Gasteiger partial charge in [0, 0.05) is 0 Å². The van der Waals surface area contributed by atoms with E-state index in [4.69, 9.17) is 20.4 Å². The summed E-state index contributed by atoms with van der Waals surface area (Å²) in [6, 6.07) is 0. The average molecular weight is 162 g/mol. The molecule has 0 rings (SSSR count). The van der Waals surface area contributed by atoms with Gasteiger partial charge in [0.25, 0.3) is 0 Å². The zero-order chi connectivity index (χ0) is 2.71. The van der Waals surface area contributed by atoms with Gasteiger partial charge in [0.15, 0.2) is 0 Å². The topological polar surface area (TPSA) is 67.0 Å². The number of hydrogen-bond acceptors (Lipinski definition) is 0. The Morgan fingerprint density at radius 1 is 1.00 bits per heavy atom. The number of rotatable bonds is 0. The molecule has 0 heterocycles. The van der Waals surface area contributed by atoms with Gasteiger partial charge in [-0.25, -0.2) is 0 Å². The summed E-state index contributed by atoms with van der Waals surface area (Å²) in [7, 11) is 9.40. The van der Waals surface area contributed by atoms with Gasteiger partial charge in [-0.15, -0.1) is 0 Å². The quantitative estimate of drug-likeness (QED) is 0.491. The van der Waals surface area contributed by atoms with Crippen LogP contribution in [0.25, 0.3) is 12.3 Å². The molecular formula is H4Cl2N2Ni. The molecule has 0 aromatic rings. The van der Waals surface area contributed by atoms with Crippen LogP contribution < -0.4 is 0 Å². The van der Waals surface area contributed by atoms with E-state index in [9.17, 15) is 0 Å². The number of halogens is 2. The molecule has 0 amide bonds. The maximum absolute atomic E-state index is 4.70. The van der Waals surface area contributed by atoms with Crippen LogP contribution in [0.1, 0.15) is 0 Å². The molecule has 0 spiro atoms. The van der Waals surface area contributed by atoms with Gasteiger partial charge in [0.1, 0.15) is 0 Å². The van der Waals surface area contributed by atoms with Crippen LogP contribution >= 0.6 is 20.4 Å². The summed E-state index contributed by atoms with van der Waals surface area (Å²) in [5.41, 5.74) is 0. The number of hydrogen-bond donors (Lipinski definition) is 0. The summed E-state index contributed by atoms with van der Waals surface area (Å²) >= 11 is 0.569. The van der Waals surface area contributed by atoms with E-state index in [2.05, 4.69) is 0 Å². The van der Waals surface area contributed by atoms with Crippen molar-refractivity contribution in [3.05, 3.63) is 12.3 Å². The molecular weight excluding hydrogens is 158 g/mol. The summed E-state index contributed by atoms with van der Waals surface area (Å²) in [5.74, 6) is 0. The molecule has 0 aliphatic carbocycles. The first-order chi connectivity index (χ1) is 1.41. The van der Waals surface area contributed by atoms with Gasteiger partial charge in [-0.05, 0) is 0 Å². The van der Waals surface area contributed by atoms with E-state index in [1.807, 2.05) is 0 Å². The molecule has 38 valence electrons. The van der Waals surface area contributed by atoms with Crippen molar-refractivity contribution >= 4 is 20.4 Å². The molecule has 0 bridgehead atoms. The molecule has 0 aromatic heterocycles. The maximum Gasteiger partial charge on any atom is -0.693 e. The molecule has 2 nitrogen and oxygen atoms in total. The van der Waals surface area contributed by atoms with Gasteiger partial charge in [-0.3, -0.25) is 0 Å². The molecule has 0 radical (unpaired) electrons. The van der Waals surface area contributed by atoms with Crippen molar-refractivity contribution in [3.63, 3.8) is 0 Å². The third-order valence-electron chi connectivity index (χ3n) is 0. The largest absolute Gasteiger partial charge is 0.693 e. The Labute approximate surface area is 45.7 Å². The molecule has 0 atom stereocenters. The molecule has 0 aromatic carbocycles. The molecule has 0 aliphatic heterocycles. The predicted molar refractivity (Wildman–Crippen MR) is 22.3 cm³/mol. The normalized spacial score (nSPS) is 4.40. The smallest absolute Gasteiger partial charge is 0.693 e. The third-order valence-corrected chi connectivity index (χ3v) is 0. The second-order valence-corrected chi connectivity index (χ2v) is 1.68. The monoisotopic (exact) mass is 160 g/mol. The van der Waals surface area contributed by atoms with E-state index in [1.165, 1.54) is 0 Å². The van der Waals surface area contributed by atoms with Gasteiger partial charge in [-0.1, -0.05) is 0 Å². The minimum Gasteiger partial charge on any atom is -0.693 e. The first-order valence-corrected chi connectivity index (χ1v) is 2.96. The van der Waals surface area contributed by atoms with Crippen LogP contribution in [0, 0.1) is 0 Å². The maximum atomic E-state index is 4.70. The second-order valence-electron chi connectivity index (χ2n) is 0.0452. The van der Waals surface area contributed by atoms with Crippen LogP contribution in [0.3, 0.4) is 0 Å². The van der Waals surface area contributed by atoms with Gasteiger partial charge in [0.2, 0.25) is 0 Å². The van der Waals surface area contributed by atoms with Crippen molar-refractivity contribution in [1.29, 1.82) is 0 Å². The van der Waals surface area contributed by atoms with E-state index in [0.717, 1.165) is 0 Å². The molecule has 0 unspecified atom stereocenters. The standard InChI is InChI=1S/2ClH.2H2N.Ni/h2*1H;2*1H2;/q;;2*-1;+4/p-2. The zero-order valence-electron chi connectivity index (χ0n) is 2.23. The zero-order valence-corrected chi connectivity index (χ0v) is 4.73. The Bertz CT molecular complexity index is 7.61. The molecule has 4 N–H and O–H groups in total. The molecule has 0 aliphatic rings. The fraction of sp³-hybridized carbons (Fsp3) is 0. The van der Waals surface area contributed by atoms with Crippen molar-refractivity contribution in [2.75, 3.05) is 0 Å². The van der Waals surface area contributed by atoms with E-state index in [-0.39, 0.29) is 12.3 Å². The van der Waals surface area contributed by atoms with E-state index in [0.29, 0.717) is 12.7 Å². The van der Waals surface area contributed by atoms with Crippen LogP contribution in [0.2, 0.25) is 0 Å². The average Bonchev–Trinajstić information content (AvgIpc) is 0.918. The Hall–Kier alpha value is 0.994. The molecule has 5 heavy (non-hydrogen) atoms. The summed E-state index contributed by atoms with van der Waals surface area (Å²) in [6.45, 7) is 0. The van der Waals surface area contributed by atoms with Gasteiger partial charge >= 0.3 is 33.0 Å². The van der Waals surface area contributed by atoms with Gasteiger partial charge in [-0.2, -0.15) is 0 Å². The van der Waals surface area contributed by atoms with Crippen molar-refractivity contribution in [3.8, 4) is 0 Å². The molecule has 0 fully saturated rings. The van der Waals surface area contributed by atoms with Crippen molar-refractivity contribution in [2.45, 2.75) is 0 Å². The third kappa shape index (κ3) is 45.3. The second kappa shape index (κ2) is 20.0. The summed E-state index contributed by atoms with van der Waals surface area (Å²) in [4.78, 5) is 0. The van der Waals surface area contributed by atoms with Crippen LogP contribution in [-0.4, -0.2) is 0 Å². The molecule has 0 saturated carbocycles. The summed E-state index contributed by atoms with van der Waals surface area (Å²) < 4.78 is 0. The Morgan fingerprint density at radius 2 is 1.00 bits per heavy atom. The minimum atomic E-state index is 0. The SMILES string of the molecule is [Cl][Ni+2][Cl].[NH2-].[NH2-]. The predicted octanol–water partition coefficient (Wildman–Crippen LogP) is 2.81. The minimum absolute atomic E-state index is 0. The van der Waals surface area contributed by atoms with Gasteiger partial charge in [0.05, 0.1) is 0 Å². The summed E-state index contributed by atoms with van der Waals surface area (Å²) in [6.07, 6.45) is 0.